The first-order valence-electron chi connectivity index (χ1n) is 2.24. The number of aryl methyl sites for hydroxylation is 1. The molecule has 3 nitrogen and oxygen atoms in total. The van der Waals surface area contributed by atoms with Crippen molar-refractivity contribution in [3.05, 3.63) is 17.7 Å². The van der Waals surface area contributed by atoms with E-state index in [1.165, 1.54) is 0 Å². The number of hydrogen-bond acceptors (Lipinski definition) is 2. The first kappa shape index (κ1) is 4.85. The lowest BCUT2D eigenvalue weighted by Crippen LogP contribution is -1.73. The molecule has 0 bridgehead atoms. The molecule has 0 radical (unpaired) electrons. The van der Waals surface area contributed by atoms with E-state index in [-0.39, 0.29) is 0 Å². The highest BCUT2D eigenvalue weighted by Gasteiger charge is 1.89. The van der Waals surface area contributed by atoms with Gasteiger partial charge >= 0.3 is 0 Å². The summed E-state index contributed by atoms with van der Waals surface area (Å²) in [6.45, 7) is 1.86. The largest absolute Gasteiger partial charge is 0.334 e. The van der Waals surface area contributed by atoms with Crippen molar-refractivity contribution < 1.29 is 0 Å². The molecule has 0 fully saturated rings. The van der Waals surface area contributed by atoms with Crippen LogP contribution in [0.15, 0.2) is 6.20 Å². The van der Waals surface area contributed by atoms with Crippen molar-refractivity contribution in [2.75, 3.05) is 0 Å². The van der Waals surface area contributed by atoms with Crippen LogP contribution in [0.25, 0.3) is 0 Å². The van der Waals surface area contributed by atoms with E-state index in [0.717, 1.165) is 5.69 Å². The fraction of sp³-hybridized carbons (Fsp3) is 0.200. The second-order valence-electron chi connectivity index (χ2n) is 1.53. The maximum atomic E-state index is 8.21. The van der Waals surface area contributed by atoms with E-state index in [4.69, 9.17) is 5.26 Å². The van der Waals surface area contributed by atoms with Crippen LogP contribution in [0.3, 0.4) is 0 Å². The molecule has 40 valence electrons. The molecular weight excluding hydrogens is 102 g/mol. The number of nitriles is 1. The molecule has 1 aromatic rings. The Balaban J connectivity index is 3.05. The average molecular weight is 107 g/mol. The summed E-state index contributed by atoms with van der Waals surface area (Å²) >= 11 is 0. The van der Waals surface area contributed by atoms with E-state index in [9.17, 15) is 0 Å². The Hall–Kier alpha value is -1.30. The molecule has 1 rings (SSSR count). The van der Waals surface area contributed by atoms with Crippen molar-refractivity contribution in [1.29, 1.82) is 5.26 Å². The molecule has 0 aliphatic heterocycles. The third kappa shape index (κ3) is 0.684. The zero-order chi connectivity index (χ0) is 5.98. The molecule has 0 saturated carbocycles. The molecule has 1 heterocycles. The van der Waals surface area contributed by atoms with Gasteiger partial charge in [0.15, 0.2) is 0 Å². The number of imidazole rings is 1. The maximum Gasteiger partial charge on any atom is 0.210 e. The van der Waals surface area contributed by atoms with Gasteiger partial charge in [-0.25, -0.2) is 4.98 Å². The minimum atomic E-state index is 0.377. The van der Waals surface area contributed by atoms with Crippen LogP contribution in [-0.2, 0) is 0 Å². The zero-order valence-corrected chi connectivity index (χ0v) is 4.47. The highest BCUT2D eigenvalue weighted by Crippen LogP contribution is 1.90. The van der Waals surface area contributed by atoms with Gasteiger partial charge in [-0.2, -0.15) is 5.26 Å². The number of nitrogens with one attached hydrogen (secondary N) is 1. The quantitative estimate of drug-likeness (QED) is 0.527. The molecule has 0 atom stereocenters. The van der Waals surface area contributed by atoms with E-state index in [1.807, 2.05) is 13.0 Å². The van der Waals surface area contributed by atoms with Crippen molar-refractivity contribution in [3.8, 4) is 6.07 Å². The Morgan fingerprint density at radius 2 is 2.62 bits per heavy atom. The molecule has 8 heavy (non-hydrogen) atoms. The van der Waals surface area contributed by atoms with Crippen molar-refractivity contribution in [1.82, 2.24) is 9.97 Å². The fourth-order valence-corrected chi connectivity index (χ4v) is 0.470. The number of H-pyrrole nitrogens is 1. The Labute approximate surface area is 47.0 Å². The summed E-state index contributed by atoms with van der Waals surface area (Å²) in [5.41, 5.74) is 0.918. The van der Waals surface area contributed by atoms with Crippen LogP contribution in [0.2, 0.25) is 0 Å². The van der Waals surface area contributed by atoms with Gasteiger partial charge in [0.05, 0.1) is 0 Å². The van der Waals surface area contributed by atoms with Crippen LogP contribution in [0.1, 0.15) is 11.5 Å². The van der Waals surface area contributed by atoms with Crippen molar-refractivity contribution >= 4 is 0 Å². The van der Waals surface area contributed by atoms with Crippen LogP contribution in [0.5, 0.6) is 0 Å². The highest BCUT2D eigenvalue weighted by molar-refractivity contribution is 5.11. The molecule has 0 aliphatic carbocycles. The lowest BCUT2D eigenvalue weighted by atomic mass is 10.6. The topological polar surface area (TPSA) is 52.5 Å². The van der Waals surface area contributed by atoms with Crippen molar-refractivity contribution in [2.24, 2.45) is 0 Å². The van der Waals surface area contributed by atoms with Crippen molar-refractivity contribution in [3.63, 3.8) is 0 Å². The number of aromatic amines is 1. The van der Waals surface area contributed by atoms with Crippen LogP contribution in [0.4, 0.5) is 0 Å². The summed E-state index contributed by atoms with van der Waals surface area (Å²) in [6.07, 6.45) is 1.62. The van der Waals surface area contributed by atoms with Crippen LogP contribution < -0.4 is 0 Å². The van der Waals surface area contributed by atoms with Gasteiger partial charge in [0.2, 0.25) is 5.82 Å². The van der Waals surface area contributed by atoms with E-state index in [2.05, 4.69) is 9.97 Å². The minimum Gasteiger partial charge on any atom is -0.334 e. The second-order valence-corrected chi connectivity index (χ2v) is 1.53. The molecule has 0 aromatic carbocycles. The lowest BCUT2D eigenvalue weighted by molar-refractivity contribution is 1.20. The molecule has 1 aromatic heterocycles. The van der Waals surface area contributed by atoms with Gasteiger partial charge in [0, 0.05) is 11.9 Å². The van der Waals surface area contributed by atoms with Gasteiger partial charge in [-0.05, 0) is 6.92 Å². The van der Waals surface area contributed by atoms with E-state index >= 15 is 0 Å². The molecule has 0 amide bonds. The number of hydrogen-bond donors (Lipinski definition) is 1. The normalized spacial score (nSPS) is 8.50. The summed E-state index contributed by atoms with van der Waals surface area (Å²) < 4.78 is 0. The van der Waals surface area contributed by atoms with Crippen molar-refractivity contribution in [2.45, 2.75) is 6.92 Å². The molecular formula is C5H5N3. The predicted octanol–water partition coefficient (Wildman–Crippen LogP) is 0.590. The summed E-state index contributed by atoms with van der Waals surface area (Å²) in [4.78, 5) is 6.47. The SMILES string of the molecule is Cc1cnc(C#N)[nH]1. The first-order chi connectivity index (χ1) is 3.83. The van der Waals surface area contributed by atoms with Gasteiger partial charge in [-0.15, -0.1) is 0 Å². The van der Waals surface area contributed by atoms with Gasteiger partial charge in [-0.3, -0.25) is 0 Å². The molecule has 0 saturated heterocycles. The fourth-order valence-electron chi connectivity index (χ4n) is 0.470. The number of rotatable bonds is 0. The van der Waals surface area contributed by atoms with Gasteiger partial charge in [0.1, 0.15) is 6.07 Å². The van der Waals surface area contributed by atoms with Crippen LogP contribution in [0, 0.1) is 18.3 Å². The highest BCUT2D eigenvalue weighted by atomic mass is 14.9. The zero-order valence-electron chi connectivity index (χ0n) is 4.47. The second kappa shape index (κ2) is 1.66. The summed E-state index contributed by atoms with van der Waals surface area (Å²) in [5.74, 6) is 0.377. The number of nitrogens with zero attached hydrogens (tertiary/aromatic N) is 2. The van der Waals surface area contributed by atoms with E-state index < -0.39 is 0 Å². The predicted molar refractivity (Wildman–Crippen MR) is 28.0 cm³/mol. The Kier molecular flexibility index (Phi) is 1.01. The summed E-state index contributed by atoms with van der Waals surface area (Å²) in [7, 11) is 0. The Bertz CT molecular complexity index is 218. The molecule has 1 N–H and O–H groups in total. The summed E-state index contributed by atoms with van der Waals surface area (Å²) in [6, 6.07) is 1.88. The molecule has 3 heteroatoms. The third-order valence-corrected chi connectivity index (χ3v) is 0.809. The Morgan fingerprint density at radius 1 is 1.88 bits per heavy atom. The average Bonchev–Trinajstić information content (AvgIpc) is 2.14. The number of aromatic nitrogens is 2. The molecule has 0 spiro atoms. The molecule has 0 unspecified atom stereocenters. The third-order valence-electron chi connectivity index (χ3n) is 0.809. The first-order valence-corrected chi connectivity index (χ1v) is 2.24. The summed E-state index contributed by atoms with van der Waals surface area (Å²) in [5, 5.41) is 8.21. The Morgan fingerprint density at radius 3 is 2.88 bits per heavy atom. The van der Waals surface area contributed by atoms with Gasteiger partial charge < -0.3 is 4.98 Å². The van der Waals surface area contributed by atoms with Gasteiger partial charge in [-0.1, -0.05) is 0 Å². The lowest BCUT2D eigenvalue weighted by Gasteiger charge is -1.72. The van der Waals surface area contributed by atoms with Crippen LogP contribution in [-0.4, -0.2) is 9.97 Å². The van der Waals surface area contributed by atoms with E-state index in [1.54, 1.807) is 6.20 Å². The van der Waals surface area contributed by atoms with Crippen LogP contribution >= 0.6 is 0 Å². The minimum absolute atomic E-state index is 0.377. The smallest absolute Gasteiger partial charge is 0.210 e. The van der Waals surface area contributed by atoms with E-state index in [0.29, 0.717) is 5.82 Å². The standard InChI is InChI=1S/C5H5N3/c1-4-3-7-5(2-6)8-4/h3H,1H3,(H,7,8). The maximum absolute atomic E-state index is 8.21. The monoisotopic (exact) mass is 107 g/mol. The van der Waals surface area contributed by atoms with Gasteiger partial charge in [0.25, 0.3) is 0 Å². The molecule has 0 aliphatic rings.